The fourth-order valence-electron chi connectivity index (χ4n) is 0.727. The van der Waals surface area contributed by atoms with E-state index >= 15 is 0 Å². The van der Waals surface area contributed by atoms with Gasteiger partial charge < -0.3 is 10.6 Å². The van der Waals surface area contributed by atoms with Crippen molar-refractivity contribution in [1.29, 1.82) is 0 Å². The van der Waals surface area contributed by atoms with Gasteiger partial charge in [0.2, 0.25) is 5.91 Å². The molecule has 1 unspecified atom stereocenters. The average molecular weight is 126 g/mol. The molecule has 3 heteroatoms. The minimum atomic E-state index is 0.0369. The lowest BCUT2D eigenvalue weighted by molar-refractivity contribution is -0.121. The van der Waals surface area contributed by atoms with E-state index in [1.54, 1.807) is 0 Å². The van der Waals surface area contributed by atoms with E-state index < -0.39 is 0 Å². The molecule has 1 saturated heterocycles. The van der Waals surface area contributed by atoms with E-state index in [4.69, 9.17) is 0 Å². The van der Waals surface area contributed by atoms with Crippen LogP contribution in [-0.2, 0) is 4.79 Å². The van der Waals surface area contributed by atoms with E-state index in [2.05, 4.69) is 17.2 Å². The molecular weight excluding hydrogens is 116 g/mol. The number of nitrogens with one attached hydrogen (secondary N) is 2. The van der Waals surface area contributed by atoms with Crippen LogP contribution in [0, 0.1) is 0 Å². The fraction of sp³-hybridized carbons (Fsp3) is 0.500. The van der Waals surface area contributed by atoms with Gasteiger partial charge in [-0.1, -0.05) is 6.58 Å². The van der Waals surface area contributed by atoms with Crippen LogP contribution >= 0.6 is 0 Å². The summed E-state index contributed by atoms with van der Waals surface area (Å²) >= 11 is 0. The third-order valence-corrected chi connectivity index (χ3v) is 1.38. The first kappa shape index (κ1) is 6.13. The van der Waals surface area contributed by atoms with E-state index in [1.807, 2.05) is 6.92 Å². The Morgan fingerprint density at radius 1 is 1.78 bits per heavy atom. The van der Waals surface area contributed by atoms with E-state index in [0.717, 1.165) is 5.70 Å². The van der Waals surface area contributed by atoms with Crippen molar-refractivity contribution in [1.82, 2.24) is 10.6 Å². The fourth-order valence-corrected chi connectivity index (χ4v) is 0.727. The number of piperazine rings is 1. The van der Waals surface area contributed by atoms with Crippen LogP contribution in [0.25, 0.3) is 0 Å². The maximum Gasteiger partial charge on any atom is 0.239 e. The Labute approximate surface area is 54.1 Å². The van der Waals surface area contributed by atoms with Gasteiger partial charge >= 0.3 is 0 Å². The number of carbonyl (C=O) groups is 1. The van der Waals surface area contributed by atoms with Crippen LogP contribution < -0.4 is 10.6 Å². The minimum absolute atomic E-state index is 0.0369. The van der Waals surface area contributed by atoms with Crippen molar-refractivity contribution in [2.75, 3.05) is 6.54 Å². The summed E-state index contributed by atoms with van der Waals surface area (Å²) in [5.41, 5.74) is 0.884. The lowest BCUT2D eigenvalue weighted by atomic mass is 10.2. The SMILES string of the molecule is C=C1NCC(=O)NC1C. The van der Waals surface area contributed by atoms with E-state index in [1.165, 1.54) is 0 Å². The molecule has 0 aromatic heterocycles. The molecule has 2 N–H and O–H groups in total. The van der Waals surface area contributed by atoms with Crippen molar-refractivity contribution >= 4 is 5.91 Å². The smallest absolute Gasteiger partial charge is 0.239 e. The normalized spacial score (nSPS) is 27.0. The molecule has 0 aliphatic carbocycles. The highest BCUT2D eigenvalue weighted by atomic mass is 16.2. The number of carbonyl (C=O) groups excluding carboxylic acids is 1. The zero-order chi connectivity index (χ0) is 6.85. The van der Waals surface area contributed by atoms with Crippen molar-refractivity contribution < 1.29 is 4.79 Å². The molecule has 1 fully saturated rings. The van der Waals surface area contributed by atoms with E-state index in [9.17, 15) is 4.79 Å². The van der Waals surface area contributed by atoms with Crippen LogP contribution in [0.15, 0.2) is 12.3 Å². The second kappa shape index (κ2) is 2.09. The summed E-state index contributed by atoms with van der Waals surface area (Å²) in [6.45, 7) is 5.96. The molecule has 0 saturated carbocycles. The summed E-state index contributed by atoms with van der Waals surface area (Å²) in [4.78, 5) is 10.6. The first-order valence-electron chi connectivity index (χ1n) is 2.92. The summed E-state index contributed by atoms with van der Waals surface area (Å²) < 4.78 is 0. The molecular formula is C6H10N2O. The van der Waals surface area contributed by atoms with Crippen molar-refractivity contribution in [2.45, 2.75) is 13.0 Å². The first-order chi connectivity index (χ1) is 4.20. The minimum Gasteiger partial charge on any atom is -0.378 e. The van der Waals surface area contributed by atoms with Crippen molar-refractivity contribution in [3.8, 4) is 0 Å². The van der Waals surface area contributed by atoms with Crippen LogP contribution in [0.4, 0.5) is 0 Å². The Balaban J connectivity index is 2.54. The van der Waals surface area contributed by atoms with Crippen LogP contribution in [0.3, 0.4) is 0 Å². The Bertz CT molecular complexity index is 153. The van der Waals surface area contributed by atoms with Crippen LogP contribution in [-0.4, -0.2) is 18.5 Å². The number of rotatable bonds is 0. The summed E-state index contributed by atoms with van der Waals surface area (Å²) in [5, 5.41) is 5.60. The summed E-state index contributed by atoms with van der Waals surface area (Å²) in [5.74, 6) is 0.0369. The van der Waals surface area contributed by atoms with Gasteiger partial charge in [-0.2, -0.15) is 0 Å². The third kappa shape index (κ3) is 1.22. The zero-order valence-corrected chi connectivity index (χ0v) is 5.40. The second-order valence-corrected chi connectivity index (χ2v) is 2.17. The summed E-state index contributed by atoms with van der Waals surface area (Å²) in [6, 6.07) is 0.0752. The quantitative estimate of drug-likeness (QED) is 0.464. The molecule has 0 aromatic rings. The van der Waals surface area contributed by atoms with E-state index in [-0.39, 0.29) is 11.9 Å². The predicted octanol–water partition coefficient (Wildman–Crippen LogP) is -0.392. The Morgan fingerprint density at radius 2 is 2.44 bits per heavy atom. The molecule has 0 bridgehead atoms. The molecule has 50 valence electrons. The predicted molar refractivity (Wildman–Crippen MR) is 34.7 cm³/mol. The maximum absolute atomic E-state index is 10.6. The van der Waals surface area contributed by atoms with Gasteiger partial charge in [-0.25, -0.2) is 0 Å². The summed E-state index contributed by atoms with van der Waals surface area (Å²) in [6.07, 6.45) is 0. The van der Waals surface area contributed by atoms with Gasteiger partial charge in [-0.05, 0) is 6.92 Å². The van der Waals surface area contributed by atoms with E-state index in [0.29, 0.717) is 6.54 Å². The number of hydrogen-bond donors (Lipinski definition) is 2. The van der Waals surface area contributed by atoms with Crippen LogP contribution in [0.1, 0.15) is 6.92 Å². The largest absolute Gasteiger partial charge is 0.378 e. The Hall–Kier alpha value is -0.990. The first-order valence-corrected chi connectivity index (χ1v) is 2.92. The van der Waals surface area contributed by atoms with Gasteiger partial charge in [0, 0.05) is 5.70 Å². The standard InChI is InChI=1S/C6H10N2O/c1-4-5(2)8-6(9)3-7-4/h5,7H,1,3H2,2H3,(H,8,9). The van der Waals surface area contributed by atoms with Crippen molar-refractivity contribution in [3.63, 3.8) is 0 Å². The van der Waals surface area contributed by atoms with Crippen molar-refractivity contribution in [2.24, 2.45) is 0 Å². The monoisotopic (exact) mass is 126 g/mol. The average Bonchev–Trinajstić information content (AvgIpc) is 1.80. The highest BCUT2D eigenvalue weighted by Crippen LogP contribution is 1.97. The molecule has 1 aliphatic rings. The van der Waals surface area contributed by atoms with Gasteiger partial charge in [-0.3, -0.25) is 4.79 Å². The van der Waals surface area contributed by atoms with Crippen LogP contribution in [0.5, 0.6) is 0 Å². The van der Waals surface area contributed by atoms with Gasteiger partial charge in [0.25, 0.3) is 0 Å². The third-order valence-electron chi connectivity index (χ3n) is 1.38. The molecule has 1 amide bonds. The molecule has 1 rings (SSSR count). The van der Waals surface area contributed by atoms with Crippen LogP contribution in [0.2, 0.25) is 0 Å². The van der Waals surface area contributed by atoms with Gasteiger partial charge in [-0.15, -0.1) is 0 Å². The van der Waals surface area contributed by atoms with Gasteiger partial charge in [0.05, 0.1) is 12.6 Å². The zero-order valence-electron chi connectivity index (χ0n) is 5.40. The molecule has 1 aliphatic heterocycles. The molecule has 3 nitrogen and oxygen atoms in total. The lowest BCUT2D eigenvalue weighted by Crippen LogP contribution is -2.48. The van der Waals surface area contributed by atoms with Gasteiger partial charge in [0.1, 0.15) is 0 Å². The van der Waals surface area contributed by atoms with Gasteiger partial charge in [0.15, 0.2) is 0 Å². The lowest BCUT2D eigenvalue weighted by Gasteiger charge is -2.23. The Kier molecular flexibility index (Phi) is 1.42. The Morgan fingerprint density at radius 3 is 2.89 bits per heavy atom. The molecule has 1 heterocycles. The molecule has 0 radical (unpaired) electrons. The maximum atomic E-state index is 10.6. The molecule has 0 aromatic carbocycles. The van der Waals surface area contributed by atoms with Crippen molar-refractivity contribution in [3.05, 3.63) is 12.3 Å². The molecule has 0 spiro atoms. The molecule has 9 heavy (non-hydrogen) atoms. The second-order valence-electron chi connectivity index (χ2n) is 2.17. The molecule has 1 atom stereocenters. The number of hydrogen-bond acceptors (Lipinski definition) is 2. The topological polar surface area (TPSA) is 41.1 Å². The number of amides is 1. The highest BCUT2D eigenvalue weighted by Gasteiger charge is 2.15. The summed E-state index contributed by atoms with van der Waals surface area (Å²) in [7, 11) is 0. The highest BCUT2D eigenvalue weighted by molar-refractivity contribution is 5.80.